The number of likely N-dealkylation sites (tertiary alicyclic amines) is 1. The van der Waals surface area contributed by atoms with E-state index in [2.05, 4.69) is 23.2 Å². The van der Waals surface area contributed by atoms with Gasteiger partial charge >= 0.3 is 0 Å². The minimum absolute atomic E-state index is 0.722. The summed E-state index contributed by atoms with van der Waals surface area (Å²) in [6.45, 7) is 5.59. The van der Waals surface area contributed by atoms with Crippen molar-refractivity contribution in [2.45, 2.75) is 37.1 Å². The Labute approximate surface area is 131 Å². The van der Waals surface area contributed by atoms with Gasteiger partial charge in [0.2, 0.25) is 0 Å². The second-order valence-corrected chi connectivity index (χ2v) is 7.29. The zero-order chi connectivity index (χ0) is 14.7. The van der Waals surface area contributed by atoms with E-state index < -0.39 is 0 Å². The number of nitrogens with one attached hydrogen (secondary N) is 1. The van der Waals surface area contributed by atoms with E-state index in [1.54, 1.807) is 11.8 Å². The first-order chi connectivity index (χ1) is 10.3. The highest BCUT2D eigenvalue weighted by Crippen LogP contribution is 2.32. The summed E-state index contributed by atoms with van der Waals surface area (Å²) < 4.78 is 0. The maximum atomic E-state index is 9.43. The number of benzene rings is 1. The van der Waals surface area contributed by atoms with Crippen molar-refractivity contribution in [2.75, 3.05) is 30.7 Å². The molecule has 21 heavy (non-hydrogen) atoms. The minimum Gasteiger partial charge on any atom is -0.384 e. The van der Waals surface area contributed by atoms with Gasteiger partial charge in [-0.3, -0.25) is 0 Å². The predicted molar refractivity (Wildman–Crippen MR) is 88.7 cm³/mol. The van der Waals surface area contributed by atoms with Crippen LogP contribution in [0.3, 0.4) is 0 Å². The molecule has 2 fully saturated rings. The van der Waals surface area contributed by atoms with E-state index in [9.17, 15) is 5.26 Å². The molecular formula is C17H23N3S. The van der Waals surface area contributed by atoms with Crippen molar-refractivity contribution in [3.05, 3.63) is 23.8 Å². The fourth-order valence-corrected chi connectivity index (χ4v) is 3.91. The van der Waals surface area contributed by atoms with Crippen molar-refractivity contribution in [1.82, 2.24) is 4.90 Å². The second kappa shape index (κ2) is 6.72. The van der Waals surface area contributed by atoms with Crippen LogP contribution in [0.4, 0.5) is 5.69 Å². The highest BCUT2D eigenvalue weighted by molar-refractivity contribution is 7.99. The third kappa shape index (κ3) is 3.53. The lowest BCUT2D eigenvalue weighted by Gasteiger charge is -2.16. The van der Waals surface area contributed by atoms with E-state index in [0.717, 1.165) is 40.4 Å². The zero-order valence-electron chi connectivity index (χ0n) is 12.6. The molecule has 1 heterocycles. The summed E-state index contributed by atoms with van der Waals surface area (Å²) in [5.74, 6) is 1.72. The summed E-state index contributed by atoms with van der Waals surface area (Å²) >= 11 is 1.74. The molecule has 0 spiro atoms. The number of hydrogen-bond donors (Lipinski definition) is 1. The Morgan fingerprint density at radius 2 is 2.24 bits per heavy atom. The summed E-state index contributed by atoms with van der Waals surface area (Å²) in [5, 5.41) is 13.0. The largest absolute Gasteiger partial charge is 0.384 e. The minimum atomic E-state index is 0.722. The van der Waals surface area contributed by atoms with Gasteiger partial charge in [-0.05, 0) is 49.6 Å². The molecule has 1 aliphatic carbocycles. The van der Waals surface area contributed by atoms with Crippen LogP contribution in [0.15, 0.2) is 23.1 Å². The number of nitriles is 1. The maximum Gasteiger partial charge on any atom is 0.102 e. The molecule has 0 radical (unpaired) electrons. The average Bonchev–Trinajstić information content (AvgIpc) is 3.24. The normalized spacial score (nSPS) is 22.2. The molecule has 1 aromatic rings. The summed E-state index contributed by atoms with van der Waals surface area (Å²) in [7, 11) is 0. The van der Waals surface area contributed by atoms with E-state index in [1.165, 1.54) is 32.4 Å². The average molecular weight is 301 g/mol. The SMILES string of the molecule is CCSc1cccc(NCC2CCN(C3CC3)C2)c1C#N. The Morgan fingerprint density at radius 1 is 1.38 bits per heavy atom. The van der Waals surface area contributed by atoms with Crippen LogP contribution in [-0.4, -0.2) is 36.3 Å². The molecule has 112 valence electrons. The third-order valence-corrected chi connectivity index (χ3v) is 5.34. The van der Waals surface area contributed by atoms with Gasteiger partial charge in [0.25, 0.3) is 0 Å². The first-order valence-corrected chi connectivity index (χ1v) is 8.94. The summed E-state index contributed by atoms with van der Waals surface area (Å²) in [6, 6.07) is 9.38. The number of rotatable bonds is 6. The number of thioether (sulfide) groups is 1. The topological polar surface area (TPSA) is 39.1 Å². The molecule has 0 bridgehead atoms. The quantitative estimate of drug-likeness (QED) is 0.815. The maximum absolute atomic E-state index is 9.43. The van der Waals surface area contributed by atoms with Gasteiger partial charge in [-0.1, -0.05) is 13.0 Å². The molecule has 1 atom stereocenters. The first-order valence-electron chi connectivity index (χ1n) is 7.95. The Hall–Kier alpha value is -1.18. The van der Waals surface area contributed by atoms with Crippen molar-refractivity contribution < 1.29 is 0 Å². The molecule has 0 amide bonds. The summed E-state index contributed by atoms with van der Waals surface area (Å²) in [5.41, 5.74) is 1.81. The Balaban J connectivity index is 1.60. The van der Waals surface area contributed by atoms with Gasteiger partial charge in [0.15, 0.2) is 0 Å². The van der Waals surface area contributed by atoms with Crippen molar-refractivity contribution in [2.24, 2.45) is 5.92 Å². The van der Waals surface area contributed by atoms with Crippen LogP contribution < -0.4 is 5.32 Å². The molecule has 0 aromatic heterocycles. The molecule has 4 heteroatoms. The fraction of sp³-hybridized carbons (Fsp3) is 0.588. The van der Waals surface area contributed by atoms with Crippen LogP contribution in [0.2, 0.25) is 0 Å². The van der Waals surface area contributed by atoms with Crippen molar-refractivity contribution in [3.8, 4) is 6.07 Å². The van der Waals surface area contributed by atoms with Crippen LogP contribution in [0.5, 0.6) is 0 Å². The van der Waals surface area contributed by atoms with Crippen LogP contribution >= 0.6 is 11.8 Å². The van der Waals surface area contributed by atoms with Crippen LogP contribution in [0, 0.1) is 17.2 Å². The molecule has 1 saturated carbocycles. The summed E-state index contributed by atoms with van der Waals surface area (Å²) in [6.07, 6.45) is 4.08. The lowest BCUT2D eigenvalue weighted by atomic mass is 10.1. The van der Waals surface area contributed by atoms with E-state index in [-0.39, 0.29) is 0 Å². The molecule has 1 aromatic carbocycles. The Morgan fingerprint density at radius 3 is 2.95 bits per heavy atom. The predicted octanol–water partition coefficient (Wildman–Crippen LogP) is 3.57. The van der Waals surface area contributed by atoms with Crippen molar-refractivity contribution >= 4 is 17.4 Å². The molecular weight excluding hydrogens is 278 g/mol. The Bertz CT molecular complexity index is 533. The van der Waals surface area contributed by atoms with Crippen molar-refractivity contribution in [3.63, 3.8) is 0 Å². The van der Waals surface area contributed by atoms with Crippen LogP contribution in [0.25, 0.3) is 0 Å². The molecule has 2 aliphatic rings. The first kappa shape index (κ1) is 14.7. The van der Waals surface area contributed by atoms with Gasteiger partial charge in [0.1, 0.15) is 6.07 Å². The smallest absolute Gasteiger partial charge is 0.102 e. The van der Waals surface area contributed by atoms with Gasteiger partial charge in [0, 0.05) is 24.0 Å². The van der Waals surface area contributed by atoms with Gasteiger partial charge in [-0.25, -0.2) is 0 Å². The molecule has 3 rings (SSSR count). The van der Waals surface area contributed by atoms with Crippen LogP contribution in [-0.2, 0) is 0 Å². The Kier molecular flexibility index (Phi) is 4.72. The van der Waals surface area contributed by atoms with Gasteiger partial charge < -0.3 is 10.2 Å². The highest BCUT2D eigenvalue weighted by atomic mass is 32.2. The molecule has 1 N–H and O–H groups in total. The van der Waals surface area contributed by atoms with E-state index >= 15 is 0 Å². The van der Waals surface area contributed by atoms with E-state index in [1.807, 2.05) is 18.2 Å². The summed E-state index contributed by atoms with van der Waals surface area (Å²) in [4.78, 5) is 3.73. The van der Waals surface area contributed by atoms with E-state index in [0.29, 0.717) is 0 Å². The van der Waals surface area contributed by atoms with Gasteiger partial charge in [-0.15, -0.1) is 11.8 Å². The molecule has 1 saturated heterocycles. The molecule has 3 nitrogen and oxygen atoms in total. The number of anilines is 1. The van der Waals surface area contributed by atoms with Gasteiger partial charge in [-0.2, -0.15) is 5.26 Å². The van der Waals surface area contributed by atoms with Crippen molar-refractivity contribution in [1.29, 1.82) is 5.26 Å². The monoisotopic (exact) mass is 301 g/mol. The second-order valence-electron chi connectivity index (χ2n) is 5.99. The lowest BCUT2D eigenvalue weighted by molar-refractivity contribution is 0.316. The highest BCUT2D eigenvalue weighted by Gasteiger charge is 2.34. The molecule has 1 aliphatic heterocycles. The van der Waals surface area contributed by atoms with Gasteiger partial charge in [0.05, 0.1) is 11.3 Å². The standard InChI is InChI=1S/C17H23N3S/c1-2-21-17-5-3-4-16(15(17)10-18)19-11-13-8-9-20(12-13)14-6-7-14/h3-5,13-14,19H,2,6-9,11-12H2,1H3. The fourth-order valence-electron chi connectivity index (χ4n) is 3.12. The number of hydrogen-bond acceptors (Lipinski definition) is 4. The lowest BCUT2D eigenvalue weighted by Crippen LogP contribution is -2.24. The number of nitrogens with zero attached hydrogens (tertiary/aromatic N) is 2. The molecule has 1 unspecified atom stereocenters. The third-order valence-electron chi connectivity index (χ3n) is 4.40. The van der Waals surface area contributed by atoms with E-state index in [4.69, 9.17) is 0 Å². The zero-order valence-corrected chi connectivity index (χ0v) is 13.5. The van der Waals surface area contributed by atoms with Crippen LogP contribution in [0.1, 0.15) is 31.7 Å².